The predicted molar refractivity (Wildman–Crippen MR) is 117 cm³/mol. The number of carbonyl (C=O) groups is 2. The molecule has 0 aliphatic carbocycles. The molecule has 2 aromatic rings. The Balaban J connectivity index is 1.79. The number of amidine groups is 1. The molecular formula is C19H17Br2N3O2S. The van der Waals surface area contributed by atoms with Crippen LogP contribution in [0.2, 0.25) is 0 Å². The molecular weight excluding hydrogens is 494 g/mol. The van der Waals surface area contributed by atoms with Crippen LogP contribution in [0, 0.1) is 0 Å². The van der Waals surface area contributed by atoms with Gasteiger partial charge in [0.05, 0.1) is 5.69 Å². The first-order chi connectivity index (χ1) is 13.0. The second-order valence-corrected chi connectivity index (χ2v) is 8.82. The monoisotopic (exact) mass is 509 g/mol. The van der Waals surface area contributed by atoms with E-state index in [2.05, 4.69) is 42.2 Å². The lowest BCUT2D eigenvalue weighted by molar-refractivity contribution is -0.129. The van der Waals surface area contributed by atoms with Crippen molar-refractivity contribution >= 4 is 72.0 Å². The first kappa shape index (κ1) is 20.1. The summed E-state index contributed by atoms with van der Waals surface area (Å²) in [5.74, 6) is -0.294. The molecule has 3 rings (SSSR count). The number of halogens is 2. The van der Waals surface area contributed by atoms with E-state index in [1.165, 1.54) is 11.8 Å². The van der Waals surface area contributed by atoms with E-state index in [1.54, 1.807) is 4.90 Å². The quantitative estimate of drug-likeness (QED) is 0.615. The Morgan fingerprint density at radius 1 is 1.15 bits per heavy atom. The van der Waals surface area contributed by atoms with E-state index in [9.17, 15) is 9.59 Å². The molecule has 0 aromatic heterocycles. The average Bonchev–Trinajstić information content (AvgIpc) is 2.65. The Labute approximate surface area is 178 Å². The lowest BCUT2D eigenvalue weighted by Gasteiger charge is -2.30. The Morgan fingerprint density at radius 3 is 2.33 bits per heavy atom. The maximum absolute atomic E-state index is 12.7. The van der Waals surface area contributed by atoms with Crippen LogP contribution < -0.4 is 5.32 Å². The molecule has 1 fully saturated rings. The molecule has 0 bridgehead atoms. The van der Waals surface area contributed by atoms with Crippen molar-refractivity contribution in [2.24, 2.45) is 4.99 Å². The van der Waals surface area contributed by atoms with Crippen LogP contribution in [-0.2, 0) is 9.59 Å². The lowest BCUT2D eigenvalue weighted by atomic mass is 10.2. The summed E-state index contributed by atoms with van der Waals surface area (Å²) in [6, 6.07) is 14.8. The van der Waals surface area contributed by atoms with E-state index >= 15 is 0 Å². The van der Waals surface area contributed by atoms with Gasteiger partial charge >= 0.3 is 0 Å². The van der Waals surface area contributed by atoms with Gasteiger partial charge in [0, 0.05) is 27.6 Å². The van der Waals surface area contributed by atoms with Crippen LogP contribution >= 0.6 is 43.6 Å². The molecule has 2 amide bonds. The summed E-state index contributed by atoms with van der Waals surface area (Å²) in [5, 5.41) is 2.90. The number of nitrogens with zero attached hydrogens (tertiary/aromatic N) is 2. The van der Waals surface area contributed by atoms with Crippen molar-refractivity contribution in [2.75, 3.05) is 11.9 Å². The number of rotatable bonds is 4. The minimum Gasteiger partial charge on any atom is -0.325 e. The van der Waals surface area contributed by atoms with Crippen LogP contribution in [0.1, 0.15) is 13.3 Å². The zero-order valence-electron chi connectivity index (χ0n) is 14.5. The van der Waals surface area contributed by atoms with Gasteiger partial charge in [0.25, 0.3) is 0 Å². The van der Waals surface area contributed by atoms with E-state index in [-0.39, 0.29) is 18.2 Å². The largest absolute Gasteiger partial charge is 0.325 e. The maximum atomic E-state index is 12.7. The summed E-state index contributed by atoms with van der Waals surface area (Å²) in [5.41, 5.74) is 1.43. The van der Waals surface area contributed by atoms with E-state index in [4.69, 9.17) is 0 Å². The number of benzene rings is 2. The summed E-state index contributed by atoms with van der Waals surface area (Å²) < 4.78 is 1.89. The fourth-order valence-electron chi connectivity index (χ4n) is 2.53. The minimum atomic E-state index is -0.516. The number of hydrogen-bond donors (Lipinski definition) is 1. The molecule has 0 spiro atoms. The van der Waals surface area contributed by atoms with Crippen LogP contribution in [-0.4, -0.2) is 33.7 Å². The van der Waals surface area contributed by atoms with Gasteiger partial charge in [-0.25, -0.2) is 4.99 Å². The van der Waals surface area contributed by atoms with Gasteiger partial charge in [0.2, 0.25) is 11.8 Å². The van der Waals surface area contributed by atoms with Crippen molar-refractivity contribution in [3.63, 3.8) is 0 Å². The van der Waals surface area contributed by atoms with Crippen LogP contribution in [0.3, 0.4) is 0 Å². The molecule has 1 aliphatic rings. The predicted octanol–water partition coefficient (Wildman–Crippen LogP) is 5.19. The molecule has 0 unspecified atom stereocenters. The molecule has 1 saturated heterocycles. The molecule has 0 radical (unpaired) electrons. The normalized spacial score (nSPS) is 18.6. The number of carbonyl (C=O) groups excluding carboxylic acids is 2. The molecule has 1 N–H and O–H groups in total. The summed E-state index contributed by atoms with van der Waals surface area (Å²) in [6.07, 6.45) is 0.153. The molecule has 8 heteroatoms. The van der Waals surface area contributed by atoms with Gasteiger partial charge in [-0.05, 0) is 55.5 Å². The van der Waals surface area contributed by atoms with Crippen LogP contribution in [0.15, 0.2) is 62.5 Å². The molecule has 0 saturated carbocycles. The summed E-state index contributed by atoms with van der Waals surface area (Å²) in [6.45, 7) is 2.42. The lowest BCUT2D eigenvalue weighted by Crippen LogP contribution is -2.45. The van der Waals surface area contributed by atoms with Gasteiger partial charge in [-0.1, -0.05) is 43.6 Å². The fourth-order valence-corrected chi connectivity index (χ4v) is 4.23. The Hall–Kier alpha value is -1.64. The number of hydrogen-bond acceptors (Lipinski definition) is 4. The second-order valence-electron chi connectivity index (χ2n) is 5.82. The molecule has 1 atom stereocenters. The number of aliphatic imine (C=N–C) groups is 1. The SMILES string of the molecule is CCN1C(=O)C[C@H](C(=O)Nc2ccc(Br)cc2)SC1=Nc1ccc(Br)cc1. The highest BCUT2D eigenvalue weighted by atomic mass is 79.9. The molecule has 27 heavy (non-hydrogen) atoms. The highest BCUT2D eigenvalue weighted by Crippen LogP contribution is 2.30. The van der Waals surface area contributed by atoms with Gasteiger partial charge in [-0.2, -0.15) is 0 Å². The zero-order chi connectivity index (χ0) is 19.4. The van der Waals surface area contributed by atoms with Gasteiger partial charge < -0.3 is 5.32 Å². The fraction of sp³-hybridized carbons (Fsp3) is 0.211. The first-order valence-corrected chi connectivity index (χ1v) is 10.8. The van der Waals surface area contributed by atoms with Crippen LogP contribution in [0.5, 0.6) is 0 Å². The van der Waals surface area contributed by atoms with Crippen molar-refractivity contribution in [1.82, 2.24) is 4.90 Å². The third kappa shape index (κ3) is 5.21. The maximum Gasteiger partial charge on any atom is 0.238 e. The smallest absolute Gasteiger partial charge is 0.238 e. The van der Waals surface area contributed by atoms with Gasteiger partial charge in [0.15, 0.2) is 5.17 Å². The first-order valence-electron chi connectivity index (χ1n) is 8.34. The third-order valence-corrected chi connectivity index (χ3v) is 6.16. The number of nitrogens with one attached hydrogen (secondary N) is 1. The topological polar surface area (TPSA) is 61.8 Å². The van der Waals surface area contributed by atoms with E-state index in [0.717, 1.165) is 14.6 Å². The summed E-state index contributed by atoms with van der Waals surface area (Å²) >= 11 is 8.08. The second kappa shape index (κ2) is 9.03. The van der Waals surface area contributed by atoms with Crippen LogP contribution in [0.4, 0.5) is 11.4 Å². The Morgan fingerprint density at radius 2 is 1.74 bits per heavy atom. The van der Waals surface area contributed by atoms with E-state index in [1.807, 2.05) is 55.5 Å². The number of anilines is 1. The minimum absolute atomic E-state index is 0.0944. The standard InChI is InChI=1S/C19H17Br2N3O2S/c1-2-24-17(25)11-16(18(26)22-14-7-3-12(20)4-8-14)27-19(24)23-15-9-5-13(21)6-10-15/h3-10,16H,2,11H2,1H3,(H,22,26)/t16-/m1/s1. The molecule has 1 heterocycles. The molecule has 2 aromatic carbocycles. The summed E-state index contributed by atoms with van der Waals surface area (Å²) in [7, 11) is 0. The van der Waals surface area contributed by atoms with Crippen molar-refractivity contribution in [3.8, 4) is 0 Å². The highest BCUT2D eigenvalue weighted by molar-refractivity contribution is 9.10. The van der Waals surface area contributed by atoms with Gasteiger partial charge in [0.1, 0.15) is 5.25 Å². The van der Waals surface area contributed by atoms with Gasteiger partial charge in [-0.3, -0.25) is 14.5 Å². The Kier molecular flexibility index (Phi) is 6.73. The van der Waals surface area contributed by atoms with E-state index < -0.39 is 5.25 Å². The van der Waals surface area contributed by atoms with Crippen LogP contribution in [0.25, 0.3) is 0 Å². The van der Waals surface area contributed by atoms with E-state index in [0.29, 0.717) is 17.4 Å². The van der Waals surface area contributed by atoms with Gasteiger partial charge in [-0.15, -0.1) is 0 Å². The van der Waals surface area contributed by atoms with Crippen molar-refractivity contribution in [1.29, 1.82) is 0 Å². The zero-order valence-corrected chi connectivity index (χ0v) is 18.5. The van der Waals surface area contributed by atoms with Crippen molar-refractivity contribution in [3.05, 3.63) is 57.5 Å². The highest BCUT2D eigenvalue weighted by Gasteiger charge is 2.35. The number of thioether (sulfide) groups is 1. The number of amides is 2. The average molecular weight is 511 g/mol. The molecule has 5 nitrogen and oxygen atoms in total. The third-order valence-electron chi connectivity index (χ3n) is 3.91. The molecule has 1 aliphatic heterocycles. The molecule has 140 valence electrons. The van der Waals surface area contributed by atoms with Crippen molar-refractivity contribution < 1.29 is 9.59 Å². The Bertz CT molecular complexity index is 870. The summed E-state index contributed by atoms with van der Waals surface area (Å²) in [4.78, 5) is 31.4. The van der Waals surface area contributed by atoms with Crippen molar-refractivity contribution in [2.45, 2.75) is 18.6 Å².